The van der Waals surface area contributed by atoms with Crippen LogP contribution in [-0.2, 0) is 0 Å². The maximum Gasteiger partial charge on any atom is 0.00277 e. The van der Waals surface area contributed by atoms with Crippen molar-refractivity contribution in [2.24, 2.45) is 0 Å². The highest BCUT2D eigenvalue weighted by Crippen LogP contribution is 2.31. The Kier molecular flexibility index (Phi) is 7.24. The van der Waals surface area contributed by atoms with E-state index in [-0.39, 0.29) is 0 Å². The van der Waals surface area contributed by atoms with Crippen LogP contribution >= 0.6 is 0 Å². The minimum absolute atomic E-state index is 0.518. The number of allylic oxidation sites excluding steroid dienone is 4. The van der Waals surface area contributed by atoms with Gasteiger partial charge in [-0.2, -0.15) is 0 Å². The Morgan fingerprint density at radius 2 is 1.52 bits per heavy atom. The van der Waals surface area contributed by atoms with Crippen molar-refractivity contribution >= 4 is 5.57 Å². The van der Waals surface area contributed by atoms with Crippen LogP contribution in [0.25, 0.3) is 16.7 Å². The minimum atomic E-state index is 0.518. The van der Waals surface area contributed by atoms with Crippen LogP contribution in [-0.4, -0.2) is 7.05 Å². The van der Waals surface area contributed by atoms with Crippen molar-refractivity contribution in [3.8, 4) is 11.1 Å². The summed E-state index contributed by atoms with van der Waals surface area (Å²) >= 11 is 0. The third-order valence-electron chi connectivity index (χ3n) is 4.90. The van der Waals surface area contributed by atoms with Crippen molar-refractivity contribution in [1.82, 2.24) is 5.32 Å². The summed E-state index contributed by atoms with van der Waals surface area (Å²) in [4.78, 5) is 0. The standard InChI is InChI=1S/C26H33N/c1-18(2)23-14-24(19(3)4)16-25(15-23)22-12-11-21(6)26(17-22)20(5)10-8-9-13-27-7/h8-19,27H,5H2,1-4,6-7H3/b10-8-,13-9-. The third-order valence-corrected chi connectivity index (χ3v) is 4.90. The number of hydrogen-bond acceptors (Lipinski definition) is 1. The SMILES string of the molecule is C=C(/C=C\C=C/NC)c1cc(-c2cc(C(C)C)cc(C(C)C)c2)ccc1C. The summed E-state index contributed by atoms with van der Waals surface area (Å²) < 4.78 is 0. The van der Waals surface area contributed by atoms with Gasteiger partial charge < -0.3 is 5.32 Å². The first-order chi connectivity index (χ1) is 12.8. The normalized spacial score (nSPS) is 11.9. The quantitative estimate of drug-likeness (QED) is 0.515. The molecule has 2 aromatic rings. The lowest BCUT2D eigenvalue weighted by Gasteiger charge is -2.16. The molecule has 2 aromatic carbocycles. The smallest absolute Gasteiger partial charge is 0.00277 e. The lowest BCUT2D eigenvalue weighted by atomic mass is 9.89. The highest BCUT2D eigenvalue weighted by atomic mass is 14.8. The largest absolute Gasteiger partial charge is 0.394 e. The second kappa shape index (κ2) is 9.41. The van der Waals surface area contributed by atoms with Crippen LogP contribution in [0.4, 0.5) is 0 Å². The van der Waals surface area contributed by atoms with Crippen molar-refractivity contribution in [3.05, 3.63) is 89.7 Å². The van der Waals surface area contributed by atoms with Gasteiger partial charge >= 0.3 is 0 Å². The molecule has 0 aliphatic rings. The molecule has 0 aliphatic carbocycles. The maximum atomic E-state index is 4.27. The molecule has 1 heteroatoms. The lowest BCUT2D eigenvalue weighted by Crippen LogP contribution is -1.96. The Morgan fingerprint density at radius 1 is 0.889 bits per heavy atom. The molecule has 0 unspecified atom stereocenters. The molecule has 1 nitrogen and oxygen atoms in total. The van der Waals surface area contributed by atoms with E-state index in [4.69, 9.17) is 0 Å². The summed E-state index contributed by atoms with van der Waals surface area (Å²) in [6.45, 7) is 15.4. The van der Waals surface area contributed by atoms with Crippen LogP contribution in [0.5, 0.6) is 0 Å². The summed E-state index contributed by atoms with van der Waals surface area (Å²) in [5.41, 5.74) is 8.80. The Morgan fingerprint density at radius 3 is 2.07 bits per heavy atom. The zero-order valence-electron chi connectivity index (χ0n) is 17.6. The van der Waals surface area contributed by atoms with E-state index in [9.17, 15) is 0 Å². The number of nitrogens with one attached hydrogen (secondary N) is 1. The van der Waals surface area contributed by atoms with Crippen LogP contribution in [0.1, 0.15) is 61.8 Å². The molecule has 0 aliphatic heterocycles. The van der Waals surface area contributed by atoms with Crippen LogP contribution in [0.2, 0.25) is 0 Å². The monoisotopic (exact) mass is 359 g/mol. The van der Waals surface area contributed by atoms with Gasteiger partial charge in [0.2, 0.25) is 0 Å². The Hall–Kier alpha value is -2.54. The molecule has 0 radical (unpaired) electrons. The molecular formula is C26H33N. The molecular weight excluding hydrogens is 326 g/mol. The zero-order valence-corrected chi connectivity index (χ0v) is 17.6. The zero-order chi connectivity index (χ0) is 20.0. The van der Waals surface area contributed by atoms with E-state index >= 15 is 0 Å². The fourth-order valence-electron chi connectivity index (χ4n) is 3.07. The van der Waals surface area contributed by atoms with E-state index in [1.807, 2.05) is 25.4 Å². The van der Waals surface area contributed by atoms with Crippen LogP contribution in [0.3, 0.4) is 0 Å². The van der Waals surface area contributed by atoms with Gasteiger partial charge in [-0.3, -0.25) is 0 Å². The Labute approximate surface area is 165 Å². The van der Waals surface area contributed by atoms with Gasteiger partial charge in [0.15, 0.2) is 0 Å². The molecule has 0 saturated heterocycles. The molecule has 0 fully saturated rings. The van der Waals surface area contributed by atoms with Gasteiger partial charge in [0.1, 0.15) is 0 Å². The molecule has 0 heterocycles. The van der Waals surface area contributed by atoms with Gasteiger partial charge in [-0.1, -0.05) is 76.8 Å². The van der Waals surface area contributed by atoms with Gasteiger partial charge in [0.05, 0.1) is 0 Å². The molecule has 0 aromatic heterocycles. The van der Waals surface area contributed by atoms with Gasteiger partial charge in [0, 0.05) is 7.05 Å². The van der Waals surface area contributed by atoms with Crippen molar-refractivity contribution in [2.75, 3.05) is 7.05 Å². The van der Waals surface area contributed by atoms with Crippen molar-refractivity contribution in [1.29, 1.82) is 0 Å². The molecule has 0 bridgehead atoms. The van der Waals surface area contributed by atoms with Gasteiger partial charge in [-0.05, 0) is 76.1 Å². The third kappa shape index (κ3) is 5.47. The first-order valence-electron chi connectivity index (χ1n) is 9.79. The average Bonchev–Trinajstić information content (AvgIpc) is 2.65. The second-order valence-electron chi connectivity index (χ2n) is 7.76. The van der Waals surface area contributed by atoms with Gasteiger partial charge in [-0.25, -0.2) is 0 Å². The summed E-state index contributed by atoms with van der Waals surface area (Å²) in [6.07, 6.45) is 7.95. The minimum Gasteiger partial charge on any atom is -0.394 e. The molecule has 0 atom stereocenters. The topological polar surface area (TPSA) is 12.0 Å². The summed E-state index contributed by atoms with van der Waals surface area (Å²) in [5, 5.41) is 2.99. The number of rotatable bonds is 7. The van der Waals surface area contributed by atoms with Crippen LogP contribution in [0.15, 0.2) is 67.4 Å². The van der Waals surface area contributed by atoms with Gasteiger partial charge in [-0.15, -0.1) is 0 Å². The van der Waals surface area contributed by atoms with E-state index in [1.54, 1.807) is 0 Å². The molecule has 2 rings (SSSR count). The number of aryl methyl sites for hydroxylation is 1. The van der Waals surface area contributed by atoms with Gasteiger partial charge in [0.25, 0.3) is 0 Å². The van der Waals surface area contributed by atoms with E-state index < -0.39 is 0 Å². The highest BCUT2D eigenvalue weighted by Gasteiger charge is 2.10. The van der Waals surface area contributed by atoms with E-state index in [0.29, 0.717) is 11.8 Å². The number of benzene rings is 2. The summed E-state index contributed by atoms with van der Waals surface area (Å²) in [5.74, 6) is 1.04. The summed E-state index contributed by atoms with van der Waals surface area (Å²) in [7, 11) is 1.89. The predicted molar refractivity (Wildman–Crippen MR) is 121 cm³/mol. The molecule has 0 amide bonds. The van der Waals surface area contributed by atoms with Crippen molar-refractivity contribution in [2.45, 2.75) is 46.5 Å². The predicted octanol–water partition coefficient (Wildman–Crippen LogP) is 7.21. The Balaban J connectivity index is 2.47. The lowest BCUT2D eigenvalue weighted by molar-refractivity contribution is 0.834. The first kappa shape index (κ1) is 20.8. The van der Waals surface area contributed by atoms with Crippen molar-refractivity contribution < 1.29 is 0 Å². The molecule has 0 saturated carbocycles. The van der Waals surface area contributed by atoms with Crippen LogP contribution < -0.4 is 5.32 Å². The van der Waals surface area contributed by atoms with E-state index in [0.717, 1.165) is 5.57 Å². The van der Waals surface area contributed by atoms with E-state index in [1.165, 1.54) is 33.4 Å². The number of hydrogen-bond donors (Lipinski definition) is 1. The van der Waals surface area contributed by atoms with Crippen LogP contribution in [0, 0.1) is 6.92 Å². The summed E-state index contributed by atoms with van der Waals surface area (Å²) in [6, 6.07) is 13.7. The molecule has 27 heavy (non-hydrogen) atoms. The highest BCUT2D eigenvalue weighted by molar-refractivity contribution is 5.79. The molecule has 1 N–H and O–H groups in total. The first-order valence-corrected chi connectivity index (χ1v) is 9.79. The second-order valence-corrected chi connectivity index (χ2v) is 7.76. The Bertz CT molecular complexity index is 824. The average molecular weight is 360 g/mol. The molecule has 142 valence electrons. The fourth-order valence-corrected chi connectivity index (χ4v) is 3.07. The fraction of sp³-hybridized carbons (Fsp3) is 0.308. The van der Waals surface area contributed by atoms with E-state index in [2.05, 4.69) is 89.0 Å². The molecule has 0 spiro atoms. The maximum absolute atomic E-state index is 4.27. The van der Waals surface area contributed by atoms with Crippen molar-refractivity contribution in [3.63, 3.8) is 0 Å².